The summed E-state index contributed by atoms with van der Waals surface area (Å²) in [5.74, 6) is 1.84. The largest absolute Gasteiger partial charge is 0.360 e. The first-order valence-electron chi connectivity index (χ1n) is 9.26. The fourth-order valence-electron chi connectivity index (χ4n) is 3.76. The summed E-state index contributed by atoms with van der Waals surface area (Å²) in [5.41, 5.74) is 0. The molecular weight excluding hydrogens is 445 g/mol. The lowest BCUT2D eigenvalue weighted by Gasteiger charge is -2.37. The SMILES string of the molecule is CCCN1CCC(CNC(=NC)N2CCN(c3cccs3)CC2)C1.I. The quantitative estimate of drug-likeness (QED) is 0.402. The molecule has 2 saturated heterocycles. The van der Waals surface area contributed by atoms with E-state index in [0.717, 1.165) is 44.6 Å². The highest BCUT2D eigenvalue weighted by Crippen LogP contribution is 2.22. The summed E-state index contributed by atoms with van der Waals surface area (Å²) >= 11 is 1.83. The van der Waals surface area contributed by atoms with Crippen LogP contribution in [0.15, 0.2) is 22.5 Å². The van der Waals surface area contributed by atoms with Crippen LogP contribution in [-0.4, -0.2) is 75.2 Å². The standard InChI is InChI=1S/C18H31N5S.HI/c1-3-7-21-8-6-16(15-21)14-20-18(19-2)23-11-9-22(10-12-23)17-5-4-13-24-17;/h4-5,13,16H,3,6-12,14-15H2,1-2H3,(H,19,20);1H. The predicted octanol–water partition coefficient (Wildman–Crippen LogP) is 2.80. The van der Waals surface area contributed by atoms with E-state index < -0.39 is 0 Å². The van der Waals surface area contributed by atoms with Gasteiger partial charge < -0.3 is 20.0 Å². The Morgan fingerprint density at radius 3 is 2.72 bits per heavy atom. The van der Waals surface area contributed by atoms with Crippen LogP contribution in [0.3, 0.4) is 0 Å². The molecule has 0 bridgehead atoms. The molecule has 1 aromatic heterocycles. The molecule has 1 N–H and O–H groups in total. The summed E-state index contributed by atoms with van der Waals surface area (Å²) in [6, 6.07) is 4.35. The van der Waals surface area contributed by atoms with Gasteiger partial charge in [0.1, 0.15) is 0 Å². The number of nitrogens with one attached hydrogen (secondary N) is 1. The molecule has 142 valence electrons. The number of likely N-dealkylation sites (tertiary alicyclic amines) is 1. The van der Waals surface area contributed by atoms with Crippen molar-refractivity contribution in [2.45, 2.75) is 19.8 Å². The van der Waals surface area contributed by atoms with Gasteiger partial charge in [0, 0.05) is 46.3 Å². The number of guanidine groups is 1. The summed E-state index contributed by atoms with van der Waals surface area (Å²) in [4.78, 5) is 12.0. The summed E-state index contributed by atoms with van der Waals surface area (Å²) < 4.78 is 0. The lowest BCUT2D eigenvalue weighted by Crippen LogP contribution is -2.53. The molecule has 5 nitrogen and oxygen atoms in total. The molecule has 0 aromatic carbocycles. The highest BCUT2D eigenvalue weighted by atomic mass is 127. The molecule has 0 amide bonds. The normalized spacial score (nSPS) is 22.2. The number of aliphatic imine (C=N–C) groups is 1. The molecule has 3 rings (SSSR count). The Morgan fingerprint density at radius 1 is 1.28 bits per heavy atom. The highest BCUT2D eigenvalue weighted by Gasteiger charge is 2.24. The van der Waals surface area contributed by atoms with Crippen molar-refractivity contribution >= 4 is 46.3 Å². The Morgan fingerprint density at radius 2 is 2.08 bits per heavy atom. The van der Waals surface area contributed by atoms with Gasteiger partial charge in [0.25, 0.3) is 0 Å². The van der Waals surface area contributed by atoms with Crippen LogP contribution >= 0.6 is 35.3 Å². The Kier molecular flexibility index (Phi) is 8.78. The third-order valence-corrected chi connectivity index (χ3v) is 6.00. The maximum Gasteiger partial charge on any atom is 0.193 e. The Balaban J connectivity index is 0.00000225. The van der Waals surface area contributed by atoms with Crippen LogP contribution < -0.4 is 10.2 Å². The van der Waals surface area contributed by atoms with Crippen molar-refractivity contribution in [3.8, 4) is 0 Å². The average Bonchev–Trinajstić information content (AvgIpc) is 3.28. The molecule has 0 aliphatic carbocycles. The van der Waals surface area contributed by atoms with E-state index in [1.54, 1.807) is 0 Å². The average molecular weight is 477 g/mol. The molecule has 7 heteroatoms. The van der Waals surface area contributed by atoms with Gasteiger partial charge >= 0.3 is 0 Å². The molecule has 0 spiro atoms. The number of nitrogens with zero attached hydrogens (tertiary/aromatic N) is 4. The topological polar surface area (TPSA) is 34.1 Å². The molecule has 1 aromatic rings. The molecular formula is C18H32IN5S. The van der Waals surface area contributed by atoms with Gasteiger partial charge in [-0.05, 0) is 49.4 Å². The molecule has 3 heterocycles. The monoisotopic (exact) mass is 477 g/mol. The summed E-state index contributed by atoms with van der Waals surface area (Å²) in [7, 11) is 1.91. The fourth-order valence-corrected chi connectivity index (χ4v) is 4.54. The molecule has 2 fully saturated rings. The summed E-state index contributed by atoms with van der Waals surface area (Å²) in [6.07, 6.45) is 2.58. The van der Waals surface area contributed by atoms with E-state index in [4.69, 9.17) is 0 Å². The van der Waals surface area contributed by atoms with Crippen molar-refractivity contribution in [3.05, 3.63) is 17.5 Å². The van der Waals surface area contributed by atoms with Crippen molar-refractivity contribution in [1.29, 1.82) is 0 Å². The molecule has 0 radical (unpaired) electrons. The van der Waals surface area contributed by atoms with E-state index in [1.807, 2.05) is 18.4 Å². The van der Waals surface area contributed by atoms with E-state index in [0.29, 0.717) is 0 Å². The third kappa shape index (κ3) is 5.72. The highest BCUT2D eigenvalue weighted by molar-refractivity contribution is 14.0. The van der Waals surface area contributed by atoms with Crippen LogP contribution in [0.5, 0.6) is 0 Å². The predicted molar refractivity (Wildman–Crippen MR) is 120 cm³/mol. The van der Waals surface area contributed by atoms with Gasteiger partial charge in [-0.15, -0.1) is 35.3 Å². The second-order valence-corrected chi connectivity index (χ2v) is 7.73. The number of piperazine rings is 1. The first-order valence-corrected chi connectivity index (χ1v) is 10.1. The Hall–Kier alpha value is -0.540. The zero-order chi connectivity index (χ0) is 16.8. The lowest BCUT2D eigenvalue weighted by molar-refractivity contribution is 0.322. The van der Waals surface area contributed by atoms with Crippen molar-refractivity contribution in [1.82, 2.24) is 15.1 Å². The van der Waals surface area contributed by atoms with Crippen LogP contribution in [0.25, 0.3) is 0 Å². The van der Waals surface area contributed by atoms with Gasteiger partial charge in [-0.1, -0.05) is 6.92 Å². The second kappa shape index (κ2) is 10.6. The van der Waals surface area contributed by atoms with Gasteiger partial charge in [-0.2, -0.15) is 0 Å². The van der Waals surface area contributed by atoms with Crippen molar-refractivity contribution in [3.63, 3.8) is 0 Å². The van der Waals surface area contributed by atoms with Gasteiger partial charge in [0.15, 0.2) is 5.96 Å². The van der Waals surface area contributed by atoms with Gasteiger partial charge in [-0.25, -0.2) is 0 Å². The first kappa shape index (κ1) is 20.8. The van der Waals surface area contributed by atoms with Crippen LogP contribution in [0, 0.1) is 5.92 Å². The van der Waals surface area contributed by atoms with Gasteiger partial charge in [-0.3, -0.25) is 4.99 Å². The molecule has 2 aliphatic heterocycles. The Labute approximate surface area is 173 Å². The van der Waals surface area contributed by atoms with Crippen LogP contribution in [0.4, 0.5) is 5.00 Å². The van der Waals surface area contributed by atoms with Gasteiger partial charge in [0.05, 0.1) is 5.00 Å². The summed E-state index contributed by atoms with van der Waals surface area (Å²) in [6.45, 7) is 11.3. The zero-order valence-corrected chi connectivity index (χ0v) is 18.6. The third-order valence-electron chi connectivity index (χ3n) is 5.07. The number of hydrogen-bond donors (Lipinski definition) is 1. The minimum absolute atomic E-state index is 0. The number of anilines is 1. The second-order valence-electron chi connectivity index (χ2n) is 6.81. The number of halogens is 1. The first-order chi connectivity index (χ1) is 11.8. The number of hydrogen-bond acceptors (Lipinski definition) is 4. The van der Waals surface area contributed by atoms with E-state index in [-0.39, 0.29) is 24.0 Å². The maximum absolute atomic E-state index is 4.52. The summed E-state index contributed by atoms with van der Waals surface area (Å²) in [5, 5.41) is 7.17. The fraction of sp³-hybridized carbons (Fsp3) is 0.722. The minimum Gasteiger partial charge on any atom is -0.360 e. The number of thiophene rings is 1. The lowest BCUT2D eigenvalue weighted by atomic mass is 10.1. The molecule has 1 atom stereocenters. The van der Waals surface area contributed by atoms with Crippen molar-refractivity contribution in [2.24, 2.45) is 10.9 Å². The van der Waals surface area contributed by atoms with Crippen LogP contribution in [0.2, 0.25) is 0 Å². The van der Waals surface area contributed by atoms with E-state index in [2.05, 4.69) is 49.4 Å². The Bertz CT molecular complexity index is 514. The smallest absolute Gasteiger partial charge is 0.193 e. The zero-order valence-electron chi connectivity index (χ0n) is 15.5. The molecule has 1 unspecified atom stereocenters. The van der Waals surface area contributed by atoms with Crippen LogP contribution in [0.1, 0.15) is 19.8 Å². The van der Waals surface area contributed by atoms with Crippen molar-refractivity contribution < 1.29 is 0 Å². The molecule has 0 saturated carbocycles. The molecule has 25 heavy (non-hydrogen) atoms. The maximum atomic E-state index is 4.52. The molecule has 2 aliphatic rings. The van der Waals surface area contributed by atoms with Crippen LogP contribution in [-0.2, 0) is 0 Å². The minimum atomic E-state index is 0. The number of rotatable bonds is 5. The van der Waals surface area contributed by atoms with E-state index in [1.165, 1.54) is 37.5 Å². The van der Waals surface area contributed by atoms with E-state index in [9.17, 15) is 0 Å². The van der Waals surface area contributed by atoms with Gasteiger partial charge in [0.2, 0.25) is 0 Å². The van der Waals surface area contributed by atoms with Crippen molar-refractivity contribution in [2.75, 3.05) is 64.3 Å². The van der Waals surface area contributed by atoms with E-state index >= 15 is 0 Å².